The molecule has 2 N–H and O–H groups in total. The minimum Gasteiger partial charge on any atom is -0.481 e. The minimum atomic E-state index is -0.844. The van der Waals surface area contributed by atoms with Crippen molar-refractivity contribution in [1.82, 2.24) is 5.32 Å². The van der Waals surface area contributed by atoms with Crippen molar-refractivity contribution in [3.05, 3.63) is 0 Å². The Bertz CT molecular complexity index is 216. The Balaban J connectivity index is 2.36. The number of carbonyl (C=O) groups excluding carboxylic acids is 1. The summed E-state index contributed by atoms with van der Waals surface area (Å²) in [5.41, 5.74) is 0. The Morgan fingerprint density at radius 1 is 1.54 bits per heavy atom. The second kappa shape index (κ2) is 4.23. The minimum absolute atomic E-state index is 0.0630. The summed E-state index contributed by atoms with van der Waals surface area (Å²) < 4.78 is 4.54. The van der Waals surface area contributed by atoms with Gasteiger partial charge in [-0.2, -0.15) is 0 Å². The van der Waals surface area contributed by atoms with Crippen LogP contribution in [0.1, 0.15) is 19.3 Å². The third-order valence-corrected chi connectivity index (χ3v) is 2.15. The van der Waals surface area contributed by atoms with Gasteiger partial charge in [0.05, 0.1) is 13.5 Å². The number of carboxylic acids is 1. The quantitative estimate of drug-likeness (QED) is 0.596. The summed E-state index contributed by atoms with van der Waals surface area (Å²) in [6, 6.07) is -0.420. The van der Waals surface area contributed by atoms with Crippen LogP contribution in [0.2, 0.25) is 0 Å². The Hall–Kier alpha value is -1.10. The molecule has 5 heteroatoms. The largest absolute Gasteiger partial charge is 0.481 e. The van der Waals surface area contributed by atoms with Crippen LogP contribution in [-0.4, -0.2) is 36.2 Å². The first-order chi connectivity index (χ1) is 6.13. The van der Waals surface area contributed by atoms with Gasteiger partial charge in [-0.25, -0.2) is 0 Å². The SMILES string of the molecule is COC(=O)[C@H]1CC[C@H](CC(=O)O)N1. The molecule has 0 aromatic carbocycles. The number of hydrogen-bond donors (Lipinski definition) is 2. The second-order valence-corrected chi connectivity index (χ2v) is 3.11. The van der Waals surface area contributed by atoms with Crippen LogP contribution in [0.5, 0.6) is 0 Å². The highest BCUT2D eigenvalue weighted by molar-refractivity contribution is 5.76. The van der Waals surface area contributed by atoms with E-state index >= 15 is 0 Å². The molecule has 2 atom stereocenters. The molecule has 0 aromatic rings. The van der Waals surface area contributed by atoms with Crippen molar-refractivity contribution in [3.8, 4) is 0 Å². The van der Waals surface area contributed by atoms with Gasteiger partial charge in [-0.05, 0) is 12.8 Å². The van der Waals surface area contributed by atoms with Gasteiger partial charge in [0.15, 0.2) is 0 Å². The molecule has 13 heavy (non-hydrogen) atoms. The van der Waals surface area contributed by atoms with Crippen LogP contribution in [0.3, 0.4) is 0 Å². The van der Waals surface area contributed by atoms with Crippen LogP contribution in [-0.2, 0) is 14.3 Å². The average Bonchev–Trinajstić information content (AvgIpc) is 2.50. The first-order valence-electron chi connectivity index (χ1n) is 4.19. The summed E-state index contributed by atoms with van der Waals surface area (Å²) in [5, 5.41) is 11.4. The van der Waals surface area contributed by atoms with Crippen LogP contribution < -0.4 is 5.32 Å². The molecule has 74 valence electrons. The molecule has 1 fully saturated rings. The van der Waals surface area contributed by atoms with Gasteiger partial charge >= 0.3 is 11.9 Å². The van der Waals surface area contributed by atoms with Gasteiger partial charge in [-0.3, -0.25) is 9.59 Å². The molecule has 0 spiro atoms. The maximum absolute atomic E-state index is 11.0. The molecule has 0 aromatic heterocycles. The fraction of sp³-hybridized carbons (Fsp3) is 0.750. The van der Waals surface area contributed by atoms with E-state index in [4.69, 9.17) is 5.11 Å². The molecule has 1 rings (SSSR count). The van der Waals surface area contributed by atoms with E-state index < -0.39 is 5.97 Å². The van der Waals surface area contributed by atoms with Gasteiger partial charge < -0.3 is 15.2 Å². The zero-order valence-electron chi connectivity index (χ0n) is 7.45. The van der Waals surface area contributed by atoms with Crippen LogP contribution in [0.25, 0.3) is 0 Å². The third kappa shape index (κ3) is 2.69. The predicted molar refractivity (Wildman–Crippen MR) is 44.2 cm³/mol. The number of nitrogens with one attached hydrogen (secondary N) is 1. The molecule has 0 saturated carbocycles. The summed E-state index contributed by atoms with van der Waals surface area (Å²) >= 11 is 0. The number of methoxy groups -OCH3 is 1. The van der Waals surface area contributed by atoms with Gasteiger partial charge in [0.1, 0.15) is 6.04 Å². The smallest absolute Gasteiger partial charge is 0.322 e. The number of rotatable bonds is 3. The lowest BCUT2D eigenvalue weighted by atomic mass is 10.1. The van der Waals surface area contributed by atoms with Crippen molar-refractivity contribution >= 4 is 11.9 Å². The molecule has 1 aliphatic heterocycles. The van der Waals surface area contributed by atoms with Crippen LogP contribution in [0, 0.1) is 0 Å². The van der Waals surface area contributed by atoms with E-state index in [0.29, 0.717) is 12.8 Å². The van der Waals surface area contributed by atoms with Gasteiger partial charge in [-0.15, -0.1) is 0 Å². The molecule has 0 unspecified atom stereocenters. The predicted octanol–water partition coefficient (Wildman–Crippen LogP) is -0.245. The normalized spacial score (nSPS) is 27.2. The molecule has 0 aliphatic carbocycles. The van der Waals surface area contributed by atoms with E-state index in [2.05, 4.69) is 10.1 Å². The summed E-state index contributed by atoms with van der Waals surface area (Å²) in [4.78, 5) is 21.4. The Labute approximate surface area is 76.1 Å². The Morgan fingerprint density at radius 2 is 2.23 bits per heavy atom. The van der Waals surface area contributed by atoms with Crippen molar-refractivity contribution in [2.75, 3.05) is 7.11 Å². The lowest BCUT2D eigenvalue weighted by molar-refractivity contribution is -0.143. The summed E-state index contributed by atoms with van der Waals surface area (Å²) in [7, 11) is 1.33. The van der Waals surface area contributed by atoms with E-state index in [1.807, 2.05) is 0 Å². The summed E-state index contributed by atoms with van der Waals surface area (Å²) in [6.07, 6.45) is 1.43. The fourth-order valence-corrected chi connectivity index (χ4v) is 1.52. The van der Waals surface area contributed by atoms with Crippen molar-refractivity contribution in [3.63, 3.8) is 0 Å². The zero-order chi connectivity index (χ0) is 9.84. The number of carbonyl (C=O) groups is 2. The van der Waals surface area contributed by atoms with Gasteiger partial charge in [0, 0.05) is 6.04 Å². The van der Waals surface area contributed by atoms with Crippen molar-refractivity contribution in [1.29, 1.82) is 0 Å². The van der Waals surface area contributed by atoms with Crippen LogP contribution in [0.15, 0.2) is 0 Å². The highest BCUT2D eigenvalue weighted by Crippen LogP contribution is 2.15. The third-order valence-electron chi connectivity index (χ3n) is 2.15. The number of aliphatic carboxylic acids is 1. The van der Waals surface area contributed by atoms with E-state index in [1.165, 1.54) is 7.11 Å². The molecule has 1 aliphatic rings. The van der Waals surface area contributed by atoms with Crippen LogP contribution >= 0.6 is 0 Å². The van der Waals surface area contributed by atoms with Crippen molar-refractivity contribution in [2.45, 2.75) is 31.3 Å². The number of hydrogen-bond acceptors (Lipinski definition) is 4. The first kappa shape index (κ1) is 9.98. The highest BCUT2D eigenvalue weighted by atomic mass is 16.5. The average molecular weight is 187 g/mol. The van der Waals surface area contributed by atoms with Crippen LogP contribution in [0.4, 0.5) is 0 Å². The van der Waals surface area contributed by atoms with Gasteiger partial charge in [0.25, 0.3) is 0 Å². The molecular weight excluding hydrogens is 174 g/mol. The van der Waals surface area contributed by atoms with Crippen molar-refractivity contribution in [2.24, 2.45) is 0 Å². The molecular formula is C8H13NO4. The summed E-state index contributed by atoms with van der Waals surface area (Å²) in [5.74, 6) is -1.16. The topological polar surface area (TPSA) is 75.6 Å². The molecule has 0 amide bonds. The highest BCUT2D eigenvalue weighted by Gasteiger charge is 2.30. The monoisotopic (exact) mass is 187 g/mol. The van der Waals surface area contributed by atoms with Gasteiger partial charge in [0.2, 0.25) is 0 Å². The zero-order valence-corrected chi connectivity index (χ0v) is 7.45. The van der Waals surface area contributed by atoms with E-state index in [0.717, 1.165) is 0 Å². The van der Waals surface area contributed by atoms with Crippen molar-refractivity contribution < 1.29 is 19.4 Å². The van der Waals surface area contributed by atoms with E-state index in [9.17, 15) is 9.59 Å². The number of ether oxygens (including phenoxy) is 1. The number of carboxylic acid groups (broad SMARTS) is 1. The molecule has 5 nitrogen and oxygen atoms in total. The maximum Gasteiger partial charge on any atom is 0.322 e. The fourth-order valence-electron chi connectivity index (χ4n) is 1.52. The Kier molecular flexibility index (Phi) is 3.25. The van der Waals surface area contributed by atoms with Gasteiger partial charge in [-0.1, -0.05) is 0 Å². The Morgan fingerprint density at radius 3 is 2.77 bits per heavy atom. The molecule has 1 saturated heterocycles. The lowest BCUT2D eigenvalue weighted by Gasteiger charge is -2.10. The van der Waals surface area contributed by atoms with E-state index in [-0.39, 0.29) is 24.5 Å². The second-order valence-electron chi connectivity index (χ2n) is 3.11. The first-order valence-corrected chi connectivity index (χ1v) is 4.19. The number of esters is 1. The maximum atomic E-state index is 11.0. The molecule has 0 bridgehead atoms. The summed E-state index contributed by atoms with van der Waals surface area (Å²) in [6.45, 7) is 0. The van der Waals surface area contributed by atoms with E-state index in [1.54, 1.807) is 0 Å². The lowest BCUT2D eigenvalue weighted by Crippen LogP contribution is -2.37. The molecule has 1 heterocycles. The molecule has 0 radical (unpaired) electrons. The standard InChI is InChI=1S/C8H13NO4/c1-13-8(12)6-3-2-5(9-6)4-7(10)11/h5-6,9H,2-4H2,1H3,(H,10,11)/t5-,6-/m1/s1.